The van der Waals surface area contributed by atoms with Crippen LogP contribution in [-0.4, -0.2) is 5.91 Å². The molecule has 0 fully saturated rings. The lowest BCUT2D eigenvalue weighted by molar-refractivity contribution is 0.0925. The molecule has 0 saturated heterocycles. The van der Waals surface area contributed by atoms with E-state index in [-0.39, 0.29) is 11.9 Å². The van der Waals surface area contributed by atoms with Gasteiger partial charge in [-0.25, -0.2) is 0 Å². The van der Waals surface area contributed by atoms with Gasteiger partial charge in [0.2, 0.25) is 0 Å². The van der Waals surface area contributed by atoms with Crippen LogP contribution in [-0.2, 0) is 0 Å². The van der Waals surface area contributed by atoms with Crippen molar-refractivity contribution in [1.82, 2.24) is 5.32 Å². The van der Waals surface area contributed by atoms with Crippen molar-refractivity contribution in [3.63, 3.8) is 0 Å². The van der Waals surface area contributed by atoms with Gasteiger partial charge in [0.1, 0.15) is 0 Å². The third kappa shape index (κ3) is 4.17. The molecule has 110 valence electrons. The molecule has 0 spiro atoms. The predicted molar refractivity (Wildman–Crippen MR) is 93.3 cm³/mol. The number of amides is 1. The van der Waals surface area contributed by atoms with Crippen LogP contribution in [0.15, 0.2) is 57.5 Å². The Morgan fingerprint density at radius 1 is 1.05 bits per heavy atom. The van der Waals surface area contributed by atoms with Crippen molar-refractivity contribution in [1.29, 1.82) is 0 Å². The van der Waals surface area contributed by atoms with Crippen LogP contribution in [0.5, 0.6) is 0 Å². The topological polar surface area (TPSA) is 29.1 Å². The molecular weight excluding hydrogens is 394 g/mol. The van der Waals surface area contributed by atoms with Gasteiger partial charge in [0.15, 0.2) is 0 Å². The fourth-order valence-corrected chi connectivity index (χ4v) is 3.42. The Balaban J connectivity index is 2.23. The molecule has 4 heteroatoms. The summed E-state index contributed by atoms with van der Waals surface area (Å²) in [7, 11) is 0. The highest BCUT2D eigenvalue weighted by molar-refractivity contribution is 9.11. The number of halogens is 2. The molecule has 21 heavy (non-hydrogen) atoms. The second-order valence-electron chi connectivity index (χ2n) is 5.23. The van der Waals surface area contributed by atoms with E-state index in [4.69, 9.17) is 0 Å². The fraction of sp³-hybridized carbons (Fsp3) is 0.235. The molecule has 0 aliphatic rings. The van der Waals surface area contributed by atoms with Crippen molar-refractivity contribution in [2.75, 3.05) is 0 Å². The Labute approximate surface area is 142 Å². The smallest absolute Gasteiger partial charge is 0.252 e. The van der Waals surface area contributed by atoms with Crippen molar-refractivity contribution < 1.29 is 4.79 Å². The Kier molecular flexibility index (Phi) is 5.59. The molecule has 1 atom stereocenters. The molecule has 2 aromatic carbocycles. The van der Waals surface area contributed by atoms with Crippen LogP contribution in [0.2, 0.25) is 0 Å². The van der Waals surface area contributed by atoms with E-state index < -0.39 is 0 Å². The van der Waals surface area contributed by atoms with E-state index in [2.05, 4.69) is 51.0 Å². The minimum absolute atomic E-state index is 0.00533. The van der Waals surface area contributed by atoms with Crippen LogP contribution in [0.1, 0.15) is 35.8 Å². The van der Waals surface area contributed by atoms with Gasteiger partial charge in [-0.05, 0) is 45.6 Å². The number of carbonyl (C=O) groups is 1. The van der Waals surface area contributed by atoms with Crippen LogP contribution < -0.4 is 5.32 Å². The number of rotatable bonds is 4. The van der Waals surface area contributed by atoms with Crippen molar-refractivity contribution >= 4 is 37.8 Å². The molecule has 0 radical (unpaired) electrons. The summed E-state index contributed by atoms with van der Waals surface area (Å²) in [5, 5.41) is 3.13. The van der Waals surface area contributed by atoms with Crippen LogP contribution in [0.25, 0.3) is 0 Å². The molecule has 0 aromatic heterocycles. The summed E-state index contributed by atoms with van der Waals surface area (Å²) in [5.41, 5.74) is 1.76. The minimum Gasteiger partial charge on any atom is -0.345 e. The lowest BCUT2D eigenvalue weighted by atomic mass is 9.95. The van der Waals surface area contributed by atoms with Crippen molar-refractivity contribution in [2.24, 2.45) is 5.92 Å². The maximum Gasteiger partial charge on any atom is 0.252 e. The van der Waals surface area contributed by atoms with Crippen LogP contribution >= 0.6 is 31.9 Å². The zero-order valence-corrected chi connectivity index (χ0v) is 15.1. The van der Waals surface area contributed by atoms with Crippen molar-refractivity contribution in [2.45, 2.75) is 19.9 Å². The van der Waals surface area contributed by atoms with E-state index in [1.807, 2.05) is 48.5 Å². The Hall–Kier alpha value is -1.13. The SMILES string of the molecule is CC(C)C(NC(=O)c1ccc(Br)cc1Br)c1ccccc1. The summed E-state index contributed by atoms with van der Waals surface area (Å²) in [6.07, 6.45) is 0. The van der Waals surface area contributed by atoms with E-state index in [1.165, 1.54) is 0 Å². The monoisotopic (exact) mass is 409 g/mol. The highest BCUT2D eigenvalue weighted by atomic mass is 79.9. The third-order valence-electron chi connectivity index (χ3n) is 3.29. The first-order valence-corrected chi connectivity index (χ1v) is 8.38. The summed E-state index contributed by atoms with van der Waals surface area (Å²) in [6.45, 7) is 4.21. The minimum atomic E-state index is -0.0723. The number of hydrogen-bond acceptors (Lipinski definition) is 1. The number of hydrogen-bond donors (Lipinski definition) is 1. The van der Waals surface area contributed by atoms with Crippen molar-refractivity contribution in [3.05, 3.63) is 68.6 Å². The summed E-state index contributed by atoms with van der Waals surface area (Å²) in [5.74, 6) is 0.238. The molecule has 0 saturated carbocycles. The second kappa shape index (κ2) is 7.23. The normalized spacial score (nSPS) is 12.2. The Morgan fingerprint density at radius 3 is 2.29 bits per heavy atom. The fourth-order valence-electron chi connectivity index (χ4n) is 2.19. The van der Waals surface area contributed by atoms with Crippen molar-refractivity contribution in [3.8, 4) is 0 Å². The molecule has 0 heterocycles. The van der Waals surface area contributed by atoms with Gasteiger partial charge >= 0.3 is 0 Å². The molecule has 0 aliphatic heterocycles. The molecule has 1 N–H and O–H groups in total. The maximum atomic E-state index is 12.5. The molecule has 2 nitrogen and oxygen atoms in total. The van der Waals surface area contributed by atoms with E-state index in [0.717, 1.165) is 14.5 Å². The summed E-state index contributed by atoms with van der Waals surface area (Å²) in [4.78, 5) is 12.5. The quantitative estimate of drug-likeness (QED) is 0.724. The van der Waals surface area contributed by atoms with Gasteiger partial charge in [-0.2, -0.15) is 0 Å². The largest absolute Gasteiger partial charge is 0.345 e. The number of nitrogens with one attached hydrogen (secondary N) is 1. The highest BCUT2D eigenvalue weighted by Gasteiger charge is 2.20. The first kappa shape index (κ1) is 16.2. The lowest BCUT2D eigenvalue weighted by Crippen LogP contribution is -2.31. The van der Waals surface area contributed by atoms with Gasteiger partial charge in [0, 0.05) is 8.95 Å². The van der Waals surface area contributed by atoms with E-state index in [9.17, 15) is 4.79 Å². The van der Waals surface area contributed by atoms with Gasteiger partial charge < -0.3 is 5.32 Å². The lowest BCUT2D eigenvalue weighted by Gasteiger charge is -2.23. The highest BCUT2D eigenvalue weighted by Crippen LogP contribution is 2.25. The standard InChI is InChI=1S/C17H17Br2NO/c1-11(2)16(12-6-4-3-5-7-12)20-17(21)14-9-8-13(18)10-15(14)19/h3-11,16H,1-2H3,(H,20,21). The first-order valence-electron chi connectivity index (χ1n) is 6.80. The van der Waals surface area contributed by atoms with Crippen LogP contribution in [0.4, 0.5) is 0 Å². The average Bonchev–Trinajstić information content (AvgIpc) is 2.45. The van der Waals surface area contributed by atoms with Gasteiger partial charge in [-0.15, -0.1) is 0 Å². The third-order valence-corrected chi connectivity index (χ3v) is 4.44. The maximum absolute atomic E-state index is 12.5. The molecule has 1 unspecified atom stereocenters. The number of benzene rings is 2. The molecular formula is C17H17Br2NO. The Morgan fingerprint density at radius 2 is 1.71 bits per heavy atom. The van der Waals surface area contributed by atoms with E-state index in [1.54, 1.807) is 0 Å². The summed E-state index contributed by atoms with van der Waals surface area (Å²) in [6, 6.07) is 15.6. The molecule has 0 bridgehead atoms. The van der Waals surface area contributed by atoms with E-state index in [0.29, 0.717) is 11.5 Å². The van der Waals surface area contributed by atoms with Gasteiger partial charge in [0.05, 0.1) is 11.6 Å². The summed E-state index contributed by atoms with van der Waals surface area (Å²) >= 11 is 6.83. The number of carbonyl (C=O) groups excluding carboxylic acids is 1. The zero-order valence-electron chi connectivity index (χ0n) is 11.9. The van der Waals surface area contributed by atoms with Gasteiger partial charge in [-0.3, -0.25) is 4.79 Å². The zero-order chi connectivity index (χ0) is 15.4. The molecule has 2 aromatic rings. The Bertz CT molecular complexity index is 626. The first-order chi connectivity index (χ1) is 9.99. The molecule has 1 amide bonds. The average molecular weight is 411 g/mol. The molecule has 2 rings (SSSR count). The predicted octanol–water partition coefficient (Wildman–Crippen LogP) is 5.34. The molecule has 0 aliphatic carbocycles. The van der Waals surface area contributed by atoms with Crippen LogP contribution in [0, 0.1) is 5.92 Å². The van der Waals surface area contributed by atoms with E-state index >= 15 is 0 Å². The van der Waals surface area contributed by atoms with Crippen LogP contribution in [0.3, 0.4) is 0 Å². The second-order valence-corrected chi connectivity index (χ2v) is 7.00. The summed E-state index contributed by atoms with van der Waals surface area (Å²) < 4.78 is 1.72. The van der Waals surface area contributed by atoms with Gasteiger partial charge in [-0.1, -0.05) is 60.1 Å². The van der Waals surface area contributed by atoms with Gasteiger partial charge in [0.25, 0.3) is 5.91 Å².